The minimum atomic E-state index is -0.0469. The summed E-state index contributed by atoms with van der Waals surface area (Å²) in [5, 5.41) is 18.8. The lowest BCUT2D eigenvalue weighted by Crippen LogP contribution is -1.88. The summed E-state index contributed by atoms with van der Waals surface area (Å²) in [5.41, 5.74) is 0.793. The highest BCUT2D eigenvalue weighted by atomic mass is 79.9. The second-order valence-corrected chi connectivity index (χ2v) is 3.85. The number of benzene rings is 1. The van der Waals surface area contributed by atoms with Crippen LogP contribution in [0.1, 0.15) is 25.3 Å². The Balaban J connectivity index is 2.96. The van der Waals surface area contributed by atoms with Crippen molar-refractivity contribution in [2.24, 2.45) is 0 Å². The van der Waals surface area contributed by atoms with Crippen molar-refractivity contribution in [1.82, 2.24) is 0 Å². The molecule has 0 amide bonds. The van der Waals surface area contributed by atoms with E-state index in [0.29, 0.717) is 0 Å². The third-order valence-electron chi connectivity index (χ3n) is 1.98. The van der Waals surface area contributed by atoms with Gasteiger partial charge < -0.3 is 10.2 Å². The van der Waals surface area contributed by atoms with Gasteiger partial charge in [-0.15, -0.1) is 0 Å². The monoisotopic (exact) mass is 244 g/mol. The molecule has 0 aromatic heterocycles. The molecule has 0 bridgehead atoms. The van der Waals surface area contributed by atoms with Crippen LogP contribution in [0.5, 0.6) is 11.5 Å². The first-order valence-electron chi connectivity index (χ1n) is 4.36. The third-order valence-corrected chi connectivity index (χ3v) is 2.73. The van der Waals surface area contributed by atoms with Gasteiger partial charge in [0.1, 0.15) is 0 Å². The van der Waals surface area contributed by atoms with Gasteiger partial charge >= 0.3 is 0 Å². The van der Waals surface area contributed by atoms with Crippen LogP contribution in [0.15, 0.2) is 16.6 Å². The molecule has 0 heterocycles. The van der Waals surface area contributed by atoms with Crippen LogP contribution in [-0.4, -0.2) is 10.2 Å². The quantitative estimate of drug-likeness (QED) is 0.803. The molecule has 3 heteroatoms. The van der Waals surface area contributed by atoms with Crippen LogP contribution < -0.4 is 0 Å². The number of unbranched alkanes of at least 4 members (excludes halogenated alkanes) is 1. The van der Waals surface area contributed by atoms with E-state index in [-0.39, 0.29) is 11.5 Å². The molecule has 0 saturated heterocycles. The average molecular weight is 245 g/mol. The Labute approximate surface area is 86.3 Å². The number of phenolic OH excluding ortho intramolecular Hbond substituents is 2. The van der Waals surface area contributed by atoms with Crippen LogP contribution in [0.25, 0.3) is 0 Å². The Morgan fingerprint density at radius 1 is 1.31 bits per heavy atom. The second kappa shape index (κ2) is 4.51. The lowest BCUT2D eigenvalue weighted by Gasteiger charge is -2.07. The summed E-state index contributed by atoms with van der Waals surface area (Å²) < 4.78 is 0.858. The average Bonchev–Trinajstić information content (AvgIpc) is 2.12. The minimum Gasteiger partial charge on any atom is -0.504 e. The lowest BCUT2D eigenvalue weighted by atomic mass is 10.1. The number of rotatable bonds is 3. The van der Waals surface area contributed by atoms with Gasteiger partial charge in [0, 0.05) is 10.0 Å². The summed E-state index contributed by atoms with van der Waals surface area (Å²) in [7, 11) is 0. The lowest BCUT2D eigenvalue weighted by molar-refractivity contribution is 0.398. The normalized spacial score (nSPS) is 10.3. The van der Waals surface area contributed by atoms with E-state index in [1.807, 2.05) is 0 Å². The molecular formula is C10H13BrO2. The van der Waals surface area contributed by atoms with Crippen LogP contribution >= 0.6 is 15.9 Å². The molecule has 0 radical (unpaired) electrons. The van der Waals surface area contributed by atoms with Crippen molar-refractivity contribution in [2.75, 3.05) is 0 Å². The summed E-state index contributed by atoms with van der Waals surface area (Å²) in [4.78, 5) is 0. The highest BCUT2D eigenvalue weighted by Crippen LogP contribution is 2.34. The molecule has 0 atom stereocenters. The molecule has 2 N–H and O–H groups in total. The van der Waals surface area contributed by atoms with Crippen LogP contribution in [0.4, 0.5) is 0 Å². The van der Waals surface area contributed by atoms with E-state index in [0.717, 1.165) is 29.3 Å². The fourth-order valence-corrected chi connectivity index (χ4v) is 1.71. The standard InChI is InChI=1S/C10H13BrO2/c1-2-3-4-7-8(11)5-6-9(12)10(7)13/h5-6,12-13H,2-4H2,1H3. The molecule has 0 unspecified atom stereocenters. The SMILES string of the molecule is CCCCc1c(Br)ccc(O)c1O. The van der Waals surface area contributed by atoms with Crippen molar-refractivity contribution in [3.05, 3.63) is 22.2 Å². The zero-order valence-electron chi connectivity index (χ0n) is 7.55. The van der Waals surface area contributed by atoms with Gasteiger partial charge in [0.15, 0.2) is 11.5 Å². The first-order valence-corrected chi connectivity index (χ1v) is 5.15. The van der Waals surface area contributed by atoms with Crippen molar-refractivity contribution >= 4 is 15.9 Å². The summed E-state index contributed by atoms with van der Waals surface area (Å²) in [5.74, 6) is -0.0443. The molecule has 1 aromatic carbocycles. The molecule has 0 aliphatic carbocycles. The van der Waals surface area contributed by atoms with Crippen LogP contribution in [0, 0.1) is 0 Å². The Hall–Kier alpha value is -0.700. The van der Waals surface area contributed by atoms with Crippen molar-refractivity contribution < 1.29 is 10.2 Å². The van der Waals surface area contributed by atoms with E-state index in [2.05, 4.69) is 22.9 Å². The maximum Gasteiger partial charge on any atom is 0.161 e. The van der Waals surface area contributed by atoms with Crippen LogP contribution in [0.3, 0.4) is 0 Å². The zero-order valence-corrected chi connectivity index (χ0v) is 9.13. The van der Waals surface area contributed by atoms with Crippen molar-refractivity contribution in [3.63, 3.8) is 0 Å². The molecule has 1 rings (SSSR count). The highest BCUT2D eigenvalue weighted by molar-refractivity contribution is 9.10. The summed E-state index contributed by atoms with van der Waals surface area (Å²) >= 11 is 3.34. The molecule has 2 nitrogen and oxygen atoms in total. The minimum absolute atomic E-state index is 0.00262. The second-order valence-electron chi connectivity index (χ2n) is 3.00. The molecule has 0 spiro atoms. The van der Waals surface area contributed by atoms with E-state index in [9.17, 15) is 10.2 Å². The van der Waals surface area contributed by atoms with Gasteiger partial charge in [-0.25, -0.2) is 0 Å². The summed E-state index contributed by atoms with van der Waals surface area (Å²) in [6.45, 7) is 2.09. The van der Waals surface area contributed by atoms with Crippen molar-refractivity contribution in [3.8, 4) is 11.5 Å². The van der Waals surface area contributed by atoms with Crippen molar-refractivity contribution in [1.29, 1.82) is 0 Å². The van der Waals surface area contributed by atoms with Gasteiger partial charge in [-0.3, -0.25) is 0 Å². The molecule has 72 valence electrons. The van der Waals surface area contributed by atoms with E-state index in [1.54, 1.807) is 6.07 Å². The van der Waals surface area contributed by atoms with Crippen LogP contribution in [-0.2, 0) is 6.42 Å². The van der Waals surface area contributed by atoms with E-state index in [1.165, 1.54) is 6.07 Å². The fraction of sp³-hybridized carbons (Fsp3) is 0.400. The van der Waals surface area contributed by atoms with Gasteiger partial charge in [0.05, 0.1) is 0 Å². The smallest absolute Gasteiger partial charge is 0.161 e. The maximum atomic E-state index is 9.53. The van der Waals surface area contributed by atoms with Gasteiger partial charge in [-0.1, -0.05) is 29.3 Å². The molecule has 13 heavy (non-hydrogen) atoms. The maximum absolute atomic E-state index is 9.53. The number of halogens is 1. The summed E-state index contributed by atoms with van der Waals surface area (Å²) in [6.07, 6.45) is 2.87. The number of hydrogen-bond acceptors (Lipinski definition) is 2. The first-order chi connectivity index (χ1) is 6.16. The Morgan fingerprint density at radius 3 is 2.62 bits per heavy atom. The van der Waals surface area contributed by atoms with Crippen molar-refractivity contribution in [2.45, 2.75) is 26.2 Å². The Kier molecular flexibility index (Phi) is 3.60. The van der Waals surface area contributed by atoms with Gasteiger partial charge in [-0.05, 0) is 25.0 Å². The molecule has 0 aliphatic heterocycles. The fourth-order valence-electron chi connectivity index (χ4n) is 1.19. The first kappa shape index (κ1) is 10.4. The zero-order chi connectivity index (χ0) is 9.84. The van der Waals surface area contributed by atoms with E-state index >= 15 is 0 Å². The molecule has 0 fully saturated rings. The number of aromatic hydroxyl groups is 2. The molecular weight excluding hydrogens is 232 g/mol. The topological polar surface area (TPSA) is 40.5 Å². The number of phenols is 2. The van der Waals surface area contributed by atoms with E-state index < -0.39 is 0 Å². The Bertz CT molecular complexity index is 297. The van der Waals surface area contributed by atoms with Gasteiger partial charge in [0.2, 0.25) is 0 Å². The molecule has 0 aliphatic rings. The number of hydrogen-bond donors (Lipinski definition) is 2. The molecule has 0 saturated carbocycles. The molecule has 1 aromatic rings. The van der Waals surface area contributed by atoms with Crippen LogP contribution in [0.2, 0.25) is 0 Å². The third kappa shape index (κ3) is 2.37. The van der Waals surface area contributed by atoms with E-state index in [4.69, 9.17) is 0 Å². The predicted octanol–water partition coefficient (Wildman–Crippen LogP) is 3.20. The highest BCUT2D eigenvalue weighted by Gasteiger charge is 2.09. The Morgan fingerprint density at radius 2 is 2.00 bits per heavy atom. The summed E-state index contributed by atoms with van der Waals surface area (Å²) in [6, 6.07) is 3.23. The predicted molar refractivity (Wildman–Crippen MR) is 56.1 cm³/mol. The van der Waals surface area contributed by atoms with Gasteiger partial charge in [0.25, 0.3) is 0 Å². The van der Waals surface area contributed by atoms with Gasteiger partial charge in [-0.2, -0.15) is 0 Å². The largest absolute Gasteiger partial charge is 0.504 e.